The maximum atomic E-state index is 13.1. The lowest BCUT2D eigenvalue weighted by atomic mass is 10.1. The van der Waals surface area contributed by atoms with Crippen LogP contribution in [0.1, 0.15) is 35.0 Å². The predicted octanol–water partition coefficient (Wildman–Crippen LogP) is 2.89. The number of aryl methyl sites for hydroxylation is 2. The fourth-order valence-electron chi connectivity index (χ4n) is 3.42. The highest BCUT2D eigenvalue weighted by Gasteiger charge is 2.30. The van der Waals surface area contributed by atoms with Crippen molar-refractivity contribution in [3.05, 3.63) is 52.8 Å². The van der Waals surface area contributed by atoms with Crippen molar-refractivity contribution in [3.63, 3.8) is 0 Å². The van der Waals surface area contributed by atoms with Crippen molar-refractivity contribution in [2.45, 2.75) is 37.9 Å². The summed E-state index contributed by atoms with van der Waals surface area (Å²) in [4.78, 5) is 36.3. The molecule has 7 nitrogen and oxygen atoms in total. The van der Waals surface area contributed by atoms with Crippen LogP contribution in [0.2, 0.25) is 0 Å². The molecular weight excluding hydrogens is 402 g/mol. The summed E-state index contributed by atoms with van der Waals surface area (Å²) in [5, 5.41) is 0.719. The lowest BCUT2D eigenvalue weighted by molar-refractivity contribution is -0.162. The molecule has 1 aliphatic heterocycles. The molecule has 0 bridgehead atoms. The molecule has 30 heavy (non-hydrogen) atoms. The van der Waals surface area contributed by atoms with Crippen LogP contribution in [0.15, 0.2) is 35.5 Å². The zero-order valence-corrected chi connectivity index (χ0v) is 18.4. The molecule has 160 valence electrons. The number of amides is 1. The number of benzene rings is 1. The zero-order chi connectivity index (χ0) is 21.5. The molecule has 2 heterocycles. The fraction of sp³-hybridized carbons (Fsp3) is 0.455. The van der Waals surface area contributed by atoms with Crippen LogP contribution < -0.4 is 0 Å². The number of carbonyl (C=O) groups is 2. The number of carbonyl (C=O) groups excluding carboxylic acids is 2. The third-order valence-electron chi connectivity index (χ3n) is 5.06. The lowest BCUT2D eigenvalue weighted by Crippen LogP contribution is -2.44. The first-order valence-electron chi connectivity index (χ1n) is 9.98. The molecule has 2 aromatic rings. The van der Waals surface area contributed by atoms with Crippen molar-refractivity contribution in [1.82, 2.24) is 14.9 Å². The molecule has 1 saturated heterocycles. The highest BCUT2D eigenvalue weighted by Crippen LogP contribution is 2.23. The van der Waals surface area contributed by atoms with Crippen LogP contribution in [-0.4, -0.2) is 59.3 Å². The molecule has 1 atom stereocenters. The smallest absolute Gasteiger partial charge is 0.307 e. The van der Waals surface area contributed by atoms with Crippen LogP contribution in [0.25, 0.3) is 0 Å². The van der Waals surface area contributed by atoms with E-state index < -0.39 is 12.1 Å². The van der Waals surface area contributed by atoms with Gasteiger partial charge in [-0.15, -0.1) is 0 Å². The summed E-state index contributed by atoms with van der Waals surface area (Å²) in [5.74, 6) is -0.629. The molecule has 1 amide bonds. The van der Waals surface area contributed by atoms with Crippen LogP contribution in [0, 0.1) is 13.8 Å². The van der Waals surface area contributed by atoms with E-state index in [4.69, 9.17) is 9.47 Å². The third kappa shape index (κ3) is 5.58. The van der Waals surface area contributed by atoms with E-state index in [1.807, 2.05) is 38.3 Å². The van der Waals surface area contributed by atoms with Crippen LogP contribution in [-0.2, 0) is 25.5 Å². The summed E-state index contributed by atoms with van der Waals surface area (Å²) in [5.41, 5.74) is 3.34. The molecule has 0 saturated carbocycles. The van der Waals surface area contributed by atoms with Gasteiger partial charge in [0.05, 0.1) is 13.2 Å². The first kappa shape index (κ1) is 22.2. The Morgan fingerprint density at radius 3 is 2.37 bits per heavy atom. The van der Waals surface area contributed by atoms with Crippen LogP contribution in [0.5, 0.6) is 0 Å². The minimum absolute atomic E-state index is 0.156. The second-order valence-electron chi connectivity index (χ2n) is 7.08. The van der Waals surface area contributed by atoms with Crippen molar-refractivity contribution in [3.8, 4) is 0 Å². The molecule has 1 fully saturated rings. The average molecular weight is 430 g/mol. The quantitative estimate of drug-likeness (QED) is 0.380. The SMILES string of the molecule is CSc1nc(C)c(CCC(=O)O[C@@H](C(=O)N2CCOCC2)c2ccccc2)c(C)n1. The van der Waals surface area contributed by atoms with Gasteiger partial charge < -0.3 is 14.4 Å². The van der Waals surface area contributed by atoms with Gasteiger partial charge in [-0.25, -0.2) is 9.97 Å². The van der Waals surface area contributed by atoms with E-state index in [1.54, 1.807) is 17.0 Å². The van der Waals surface area contributed by atoms with Crippen LogP contribution >= 0.6 is 11.8 Å². The number of thioether (sulfide) groups is 1. The van der Waals surface area contributed by atoms with Crippen molar-refractivity contribution in [2.24, 2.45) is 0 Å². The zero-order valence-electron chi connectivity index (χ0n) is 17.6. The Bertz CT molecular complexity index is 862. The molecule has 1 aromatic heterocycles. The maximum absolute atomic E-state index is 13.1. The van der Waals surface area contributed by atoms with Gasteiger partial charge in [-0.2, -0.15) is 0 Å². The van der Waals surface area contributed by atoms with E-state index in [0.717, 1.165) is 22.1 Å². The number of hydrogen-bond acceptors (Lipinski definition) is 7. The van der Waals surface area contributed by atoms with Gasteiger partial charge in [0.2, 0.25) is 6.10 Å². The lowest BCUT2D eigenvalue weighted by Gasteiger charge is -2.30. The second kappa shape index (κ2) is 10.5. The van der Waals surface area contributed by atoms with E-state index >= 15 is 0 Å². The molecular formula is C22H27N3O4S. The summed E-state index contributed by atoms with van der Waals surface area (Å²) in [6, 6.07) is 9.14. The van der Waals surface area contributed by atoms with E-state index in [1.165, 1.54) is 11.8 Å². The highest BCUT2D eigenvalue weighted by atomic mass is 32.2. The fourth-order valence-corrected chi connectivity index (χ4v) is 3.87. The van der Waals surface area contributed by atoms with Gasteiger partial charge in [-0.3, -0.25) is 9.59 Å². The molecule has 0 radical (unpaired) electrons. The van der Waals surface area contributed by atoms with Crippen LogP contribution in [0.3, 0.4) is 0 Å². The Labute approximate surface area is 181 Å². The highest BCUT2D eigenvalue weighted by molar-refractivity contribution is 7.98. The summed E-state index contributed by atoms with van der Waals surface area (Å²) in [6.07, 6.45) is 1.61. The Kier molecular flexibility index (Phi) is 7.81. The van der Waals surface area contributed by atoms with Gasteiger partial charge in [-0.1, -0.05) is 42.1 Å². The van der Waals surface area contributed by atoms with Crippen LogP contribution in [0.4, 0.5) is 0 Å². The summed E-state index contributed by atoms with van der Waals surface area (Å²) in [6.45, 7) is 5.82. The molecule has 0 spiro atoms. The van der Waals surface area contributed by atoms with Crippen molar-refractivity contribution in [1.29, 1.82) is 0 Å². The van der Waals surface area contributed by atoms with E-state index in [-0.39, 0.29) is 12.3 Å². The first-order chi connectivity index (χ1) is 14.5. The molecule has 1 aromatic carbocycles. The second-order valence-corrected chi connectivity index (χ2v) is 7.85. The molecule has 0 unspecified atom stereocenters. The normalized spacial score (nSPS) is 15.0. The minimum Gasteiger partial charge on any atom is -0.447 e. The van der Waals surface area contributed by atoms with Crippen molar-refractivity contribution < 1.29 is 19.1 Å². The molecule has 8 heteroatoms. The van der Waals surface area contributed by atoms with E-state index in [9.17, 15) is 9.59 Å². The summed E-state index contributed by atoms with van der Waals surface area (Å²) < 4.78 is 11.0. The largest absolute Gasteiger partial charge is 0.447 e. The molecule has 3 rings (SSSR count). The Balaban J connectivity index is 1.70. The summed E-state index contributed by atoms with van der Waals surface area (Å²) >= 11 is 1.49. The van der Waals surface area contributed by atoms with Gasteiger partial charge in [0.15, 0.2) is 5.16 Å². The predicted molar refractivity (Wildman–Crippen MR) is 114 cm³/mol. The Morgan fingerprint density at radius 2 is 1.77 bits per heavy atom. The van der Waals surface area contributed by atoms with Crippen molar-refractivity contribution >= 4 is 23.6 Å². The van der Waals surface area contributed by atoms with Gasteiger partial charge in [0, 0.05) is 36.5 Å². The van der Waals surface area contributed by atoms with E-state index in [0.29, 0.717) is 38.3 Å². The van der Waals surface area contributed by atoms with Gasteiger partial charge in [0.25, 0.3) is 5.91 Å². The number of rotatable bonds is 7. The molecule has 1 aliphatic rings. The van der Waals surface area contributed by atoms with Gasteiger partial charge >= 0.3 is 5.97 Å². The number of morpholine rings is 1. The number of nitrogens with zero attached hydrogens (tertiary/aromatic N) is 3. The maximum Gasteiger partial charge on any atom is 0.307 e. The Hall–Kier alpha value is -2.45. The topological polar surface area (TPSA) is 81.6 Å². The van der Waals surface area contributed by atoms with Gasteiger partial charge in [-0.05, 0) is 32.1 Å². The Morgan fingerprint density at radius 1 is 1.13 bits per heavy atom. The number of esters is 1. The number of ether oxygens (including phenoxy) is 2. The molecule has 0 aliphatic carbocycles. The molecule has 0 N–H and O–H groups in total. The first-order valence-corrected chi connectivity index (χ1v) is 11.2. The van der Waals surface area contributed by atoms with E-state index in [2.05, 4.69) is 9.97 Å². The standard InChI is InChI=1S/C22H27N3O4S/c1-15-18(16(2)24-22(23-15)30-3)9-10-19(26)29-20(17-7-5-4-6-8-17)21(27)25-11-13-28-14-12-25/h4-8,20H,9-14H2,1-3H3/t20-/m1/s1. The number of aromatic nitrogens is 2. The third-order valence-corrected chi connectivity index (χ3v) is 5.61. The van der Waals surface area contributed by atoms with Gasteiger partial charge in [0.1, 0.15) is 0 Å². The monoisotopic (exact) mass is 429 g/mol. The summed E-state index contributed by atoms with van der Waals surface area (Å²) in [7, 11) is 0. The minimum atomic E-state index is -0.950. The number of hydrogen-bond donors (Lipinski definition) is 0. The van der Waals surface area contributed by atoms with Crippen molar-refractivity contribution in [2.75, 3.05) is 32.6 Å². The average Bonchev–Trinajstić information content (AvgIpc) is 2.77.